The second-order valence-electron chi connectivity index (χ2n) is 14.1. The monoisotopic (exact) mass is 657 g/mol. The van der Waals surface area contributed by atoms with Gasteiger partial charge in [0.2, 0.25) is 5.91 Å². The molecule has 1 saturated heterocycles. The van der Waals surface area contributed by atoms with E-state index in [0.717, 1.165) is 40.0 Å². The minimum Gasteiger partial charge on any atom is -0.444 e. The van der Waals surface area contributed by atoms with Gasteiger partial charge in [0, 0.05) is 26.6 Å². The van der Waals surface area contributed by atoms with Gasteiger partial charge in [0.15, 0.2) is 5.52 Å². The summed E-state index contributed by atoms with van der Waals surface area (Å²) in [6, 6.07) is 16.1. The average Bonchev–Trinajstić information content (AvgIpc) is 3.66. The zero-order valence-corrected chi connectivity index (χ0v) is 28.5. The van der Waals surface area contributed by atoms with Crippen LogP contribution < -0.4 is 5.56 Å². The van der Waals surface area contributed by atoms with Crippen molar-refractivity contribution in [2.24, 2.45) is 0 Å². The fraction of sp³-hybridized carbons (Fsp3) is 0.472. The van der Waals surface area contributed by atoms with Crippen LogP contribution in [0.15, 0.2) is 59.7 Å². The van der Waals surface area contributed by atoms with Gasteiger partial charge in [-0.15, -0.1) is 0 Å². The van der Waals surface area contributed by atoms with Crippen LogP contribution in [0.2, 0.25) is 0 Å². The Morgan fingerprint density at radius 3 is 2.55 bits per heavy atom. The zero-order valence-electron chi connectivity index (χ0n) is 27.7. The lowest BCUT2D eigenvalue weighted by Gasteiger charge is -2.38. The van der Waals surface area contributed by atoms with Crippen molar-refractivity contribution in [3.05, 3.63) is 81.9 Å². The number of benzene rings is 2. The lowest BCUT2D eigenvalue weighted by atomic mass is 9.90. The Morgan fingerprint density at radius 2 is 1.85 bits per heavy atom. The molecule has 2 aromatic carbocycles. The highest BCUT2D eigenvalue weighted by Crippen LogP contribution is 2.39. The zero-order chi connectivity index (χ0) is 33.5. The van der Waals surface area contributed by atoms with E-state index in [1.54, 1.807) is 11.9 Å². The molecule has 2 atom stereocenters. The quantitative estimate of drug-likeness (QED) is 0.262. The lowest BCUT2D eigenvalue weighted by molar-refractivity contribution is -0.136. The largest absolute Gasteiger partial charge is 0.444 e. The smallest absolute Gasteiger partial charge is 0.410 e. The van der Waals surface area contributed by atoms with Crippen LogP contribution in [0, 0.1) is 0 Å². The Balaban J connectivity index is 1.12. The molecule has 248 valence electrons. The molecule has 0 spiro atoms. The van der Waals surface area contributed by atoms with Gasteiger partial charge in [0.1, 0.15) is 11.1 Å². The Hall–Kier alpha value is -4.09. The topological polar surface area (TPSA) is 118 Å². The van der Waals surface area contributed by atoms with Crippen molar-refractivity contribution < 1.29 is 19.4 Å². The molecule has 11 heteroatoms. The molecule has 2 amide bonds. The maximum atomic E-state index is 13.5. The number of aliphatic hydroxyl groups is 1. The van der Waals surface area contributed by atoms with Gasteiger partial charge in [-0.1, -0.05) is 49.4 Å². The van der Waals surface area contributed by atoms with Crippen molar-refractivity contribution >= 4 is 34.6 Å². The first-order chi connectivity index (χ1) is 22.3. The molecule has 0 saturated carbocycles. The molecular formula is C36H43N5O5S. The number of amides is 2. The summed E-state index contributed by atoms with van der Waals surface area (Å²) in [6.45, 7) is 8.61. The van der Waals surface area contributed by atoms with E-state index in [1.165, 1.54) is 22.4 Å². The molecule has 1 aliphatic carbocycles. The van der Waals surface area contributed by atoms with E-state index in [2.05, 4.69) is 22.3 Å². The fourth-order valence-electron chi connectivity index (χ4n) is 6.70. The van der Waals surface area contributed by atoms with Crippen molar-refractivity contribution in [1.82, 2.24) is 23.7 Å². The number of nitrogens with zero attached hydrogens (tertiary/aromatic N) is 5. The van der Waals surface area contributed by atoms with Crippen LogP contribution in [-0.4, -0.2) is 72.2 Å². The minimum atomic E-state index is -1.12. The Morgan fingerprint density at radius 1 is 1.13 bits per heavy atom. The van der Waals surface area contributed by atoms with E-state index >= 15 is 0 Å². The number of aromatic nitrogens is 3. The fourth-order valence-corrected chi connectivity index (χ4v) is 7.52. The SMILES string of the molecule is C[C@H](CC(=O)N1CCC(O)(Cn2cnc3c(-c4ccc5c(c4)CCC5N(C)C(=O)OC(C)(C)C)snc3c2=O)CC1)c1ccccc1. The predicted octanol–water partition coefficient (Wildman–Crippen LogP) is 5.92. The summed E-state index contributed by atoms with van der Waals surface area (Å²) < 4.78 is 11.5. The van der Waals surface area contributed by atoms with Crippen molar-refractivity contribution in [1.29, 1.82) is 0 Å². The molecule has 1 unspecified atom stereocenters. The van der Waals surface area contributed by atoms with E-state index in [1.807, 2.05) is 68.1 Å². The Bertz CT molecular complexity index is 1840. The Labute approximate surface area is 279 Å². The van der Waals surface area contributed by atoms with Gasteiger partial charge in [-0.25, -0.2) is 9.78 Å². The second kappa shape index (κ2) is 12.8. The first-order valence-electron chi connectivity index (χ1n) is 16.3. The maximum absolute atomic E-state index is 13.5. The number of likely N-dealkylation sites (tertiary alicyclic amines) is 1. The van der Waals surface area contributed by atoms with Crippen molar-refractivity contribution in [2.45, 2.75) is 89.5 Å². The molecule has 3 heterocycles. The van der Waals surface area contributed by atoms with Crippen molar-refractivity contribution in [3.8, 4) is 10.4 Å². The van der Waals surface area contributed by atoms with E-state index in [9.17, 15) is 19.5 Å². The van der Waals surface area contributed by atoms with Gasteiger partial charge < -0.3 is 19.6 Å². The van der Waals surface area contributed by atoms with Crippen LogP contribution in [0.1, 0.15) is 82.0 Å². The van der Waals surface area contributed by atoms with E-state index in [4.69, 9.17) is 4.74 Å². The summed E-state index contributed by atoms with van der Waals surface area (Å²) in [5, 5.41) is 11.4. The van der Waals surface area contributed by atoms with Crippen LogP contribution in [0.25, 0.3) is 21.5 Å². The molecule has 1 fully saturated rings. The van der Waals surface area contributed by atoms with E-state index in [-0.39, 0.29) is 41.6 Å². The van der Waals surface area contributed by atoms with Crippen molar-refractivity contribution in [3.63, 3.8) is 0 Å². The first-order valence-corrected chi connectivity index (χ1v) is 17.1. The van der Waals surface area contributed by atoms with E-state index < -0.39 is 11.2 Å². The molecule has 10 nitrogen and oxygen atoms in total. The number of hydrogen-bond acceptors (Lipinski definition) is 8. The predicted molar refractivity (Wildman–Crippen MR) is 182 cm³/mol. The number of fused-ring (bicyclic) bond motifs is 2. The van der Waals surface area contributed by atoms with Crippen LogP contribution in [0.5, 0.6) is 0 Å². The molecule has 6 rings (SSSR count). The summed E-state index contributed by atoms with van der Waals surface area (Å²) in [5.74, 6) is 0.194. The number of ether oxygens (including phenoxy) is 1. The number of carbonyl (C=O) groups excluding carboxylic acids is 2. The summed E-state index contributed by atoms with van der Waals surface area (Å²) in [7, 11) is 1.78. The molecule has 2 aromatic heterocycles. The van der Waals surface area contributed by atoms with Crippen LogP contribution in [0.3, 0.4) is 0 Å². The third kappa shape index (κ3) is 6.96. The third-order valence-electron chi connectivity index (χ3n) is 9.42. The Kier molecular flexibility index (Phi) is 8.97. The molecule has 0 bridgehead atoms. The molecule has 4 aromatic rings. The number of aryl methyl sites for hydroxylation is 1. The van der Waals surface area contributed by atoms with Gasteiger partial charge in [-0.05, 0) is 92.2 Å². The summed E-state index contributed by atoms with van der Waals surface area (Å²) in [6.07, 6.45) is 3.97. The molecule has 0 radical (unpaired) electrons. The molecular weight excluding hydrogens is 614 g/mol. The van der Waals surface area contributed by atoms with Gasteiger partial charge in [0.05, 0.1) is 29.4 Å². The van der Waals surface area contributed by atoms with Gasteiger partial charge >= 0.3 is 6.09 Å². The first kappa shape index (κ1) is 32.8. The number of rotatable bonds is 7. The highest BCUT2D eigenvalue weighted by Gasteiger charge is 2.36. The summed E-state index contributed by atoms with van der Waals surface area (Å²) in [4.78, 5) is 48.2. The molecule has 2 aliphatic rings. The van der Waals surface area contributed by atoms with E-state index in [0.29, 0.717) is 37.9 Å². The van der Waals surface area contributed by atoms with Crippen LogP contribution in [0.4, 0.5) is 4.79 Å². The lowest BCUT2D eigenvalue weighted by Crippen LogP contribution is -2.49. The average molecular weight is 658 g/mol. The minimum absolute atomic E-state index is 0.0638. The molecule has 1 N–H and O–H groups in total. The number of piperidine rings is 1. The van der Waals surface area contributed by atoms with Gasteiger partial charge in [-0.2, -0.15) is 4.37 Å². The standard InChI is InChI=1S/C36H43N5O5S/c1-23(24-9-7-6-8-10-24)19-29(42)40-17-15-36(45,16-18-40)21-41-22-37-30-31(33(41)43)38-47-32(30)26-11-13-27-25(20-26)12-14-28(27)39(5)34(44)46-35(2,3)4/h6-11,13,20,22-23,28,45H,12,14-19,21H2,1-5H3/t23-,28?/m1/s1. The van der Waals surface area contributed by atoms with Crippen molar-refractivity contribution in [2.75, 3.05) is 20.1 Å². The third-order valence-corrected chi connectivity index (χ3v) is 10.3. The summed E-state index contributed by atoms with van der Waals surface area (Å²) in [5.41, 5.74) is 3.15. The molecule has 47 heavy (non-hydrogen) atoms. The highest BCUT2D eigenvalue weighted by molar-refractivity contribution is 7.11. The van der Waals surface area contributed by atoms with Crippen LogP contribution in [-0.2, 0) is 22.5 Å². The highest BCUT2D eigenvalue weighted by atomic mass is 32.1. The number of carbonyl (C=O) groups is 2. The normalized spacial score (nSPS) is 18.2. The second-order valence-corrected chi connectivity index (χ2v) is 14.8. The maximum Gasteiger partial charge on any atom is 0.410 e. The summed E-state index contributed by atoms with van der Waals surface area (Å²) >= 11 is 1.24. The number of hydrogen-bond donors (Lipinski definition) is 1. The molecule has 1 aliphatic heterocycles. The van der Waals surface area contributed by atoms with Crippen LogP contribution >= 0.6 is 11.5 Å². The van der Waals surface area contributed by atoms with Gasteiger partial charge in [-0.3, -0.25) is 14.2 Å². The van der Waals surface area contributed by atoms with Gasteiger partial charge in [0.25, 0.3) is 5.56 Å².